The zero-order valence-electron chi connectivity index (χ0n) is 14.3. The zero-order chi connectivity index (χ0) is 17.4. The molecule has 1 fully saturated rings. The quantitative estimate of drug-likeness (QED) is 0.794. The first kappa shape index (κ1) is 16.2. The Balaban J connectivity index is 1.52. The number of benzene rings is 2. The predicted molar refractivity (Wildman–Crippen MR) is 95.8 cm³/mol. The fourth-order valence-corrected chi connectivity index (χ4v) is 3.82. The highest BCUT2D eigenvalue weighted by Crippen LogP contribution is 2.32. The number of hydrogen-bond acceptors (Lipinski definition) is 3. The molecule has 0 amide bonds. The van der Waals surface area contributed by atoms with Crippen LogP contribution in [0, 0.1) is 5.82 Å². The van der Waals surface area contributed by atoms with Crippen molar-refractivity contribution >= 4 is 11.0 Å². The smallest absolute Gasteiger partial charge is 0.123 e. The van der Waals surface area contributed by atoms with Crippen molar-refractivity contribution in [1.29, 1.82) is 0 Å². The molecule has 0 spiro atoms. The summed E-state index contributed by atoms with van der Waals surface area (Å²) in [5, 5.41) is 10.1. The maximum atomic E-state index is 13.2. The highest BCUT2D eigenvalue weighted by atomic mass is 19.1. The lowest BCUT2D eigenvalue weighted by Crippen LogP contribution is -2.27. The van der Waals surface area contributed by atoms with E-state index in [1.54, 1.807) is 0 Å². The van der Waals surface area contributed by atoms with Gasteiger partial charge >= 0.3 is 0 Å². The summed E-state index contributed by atoms with van der Waals surface area (Å²) in [6, 6.07) is 14.9. The number of imidazole rings is 1. The van der Waals surface area contributed by atoms with Gasteiger partial charge in [0.1, 0.15) is 11.6 Å². The number of nitrogens with zero attached hydrogens (tertiary/aromatic N) is 3. The number of likely N-dealkylation sites (tertiary alicyclic amines) is 1. The van der Waals surface area contributed by atoms with Crippen molar-refractivity contribution in [3.05, 3.63) is 65.7 Å². The van der Waals surface area contributed by atoms with Crippen LogP contribution in [0.25, 0.3) is 11.0 Å². The van der Waals surface area contributed by atoms with Gasteiger partial charge in [-0.25, -0.2) is 9.37 Å². The Hall–Kier alpha value is -2.24. The summed E-state index contributed by atoms with van der Waals surface area (Å²) in [6.07, 6.45) is 1.17. The van der Waals surface area contributed by atoms with E-state index in [1.807, 2.05) is 37.4 Å². The van der Waals surface area contributed by atoms with Gasteiger partial charge in [-0.1, -0.05) is 24.3 Å². The molecule has 4 rings (SSSR count). The summed E-state index contributed by atoms with van der Waals surface area (Å²) in [4.78, 5) is 7.00. The molecule has 4 nitrogen and oxygen atoms in total. The summed E-state index contributed by atoms with van der Waals surface area (Å²) in [5.74, 6) is 0.814. The van der Waals surface area contributed by atoms with Gasteiger partial charge in [0.25, 0.3) is 0 Å². The molecule has 2 heterocycles. The summed E-state index contributed by atoms with van der Waals surface area (Å²) < 4.78 is 15.3. The third-order valence-electron chi connectivity index (χ3n) is 5.14. The third kappa shape index (κ3) is 3.17. The topological polar surface area (TPSA) is 41.3 Å². The van der Waals surface area contributed by atoms with Gasteiger partial charge in [-0.15, -0.1) is 0 Å². The first-order chi connectivity index (χ1) is 12.1. The molecular weight excluding hydrogens is 317 g/mol. The molecule has 0 radical (unpaired) electrons. The zero-order valence-corrected chi connectivity index (χ0v) is 14.3. The Bertz CT molecular complexity index is 874. The monoisotopic (exact) mass is 339 g/mol. The maximum absolute atomic E-state index is 13.2. The van der Waals surface area contributed by atoms with Crippen molar-refractivity contribution in [2.45, 2.75) is 25.0 Å². The number of β-amino-alcohol motifs (C(OH)–C–C–N with tert-alkyl or cyclic N) is 1. The molecule has 0 saturated carbocycles. The van der Waals surface area contributed by atoms with E-state index in [0.29, 0.717) is 13.0 Å². The second kappa shape index (κ2) is 6.58. The minimum absolute atomic E-state index is 0.130. The van der Waals surface area contributed by atoms with Gasteiger partial charge in [0.15, 0.2) is 0 Å². The van der Waals surface area contributed by atoms with Crippen molar-refractivity contribution in [3.8, 4) is 0 Å². The van der Waals surface area contributed by atoms with Crippen molar-refractivity contribution in [2.24, 2.45) is 7.05 Å². The largest absolute Gasteiger partial charge is 0.392 e. The van der Waals surface area contributed by atoms with Gasteiger partial charge in [-0.05, 0) is 36.2 Å². The molecule has 25 heavy (non-hydrogen) atoms. The van der Waals surface area contributed by atoms with Crippen molar-refractivity contribution in [3.63, 3.8) is 0 Å². The van der Waals surface area contributed by atoms with Crippen LogP contribution in [0.1, 0.15) is 23.9 Å². The van der Waals surface area contributed by atoms with E-state index in [2.05, 4.69) is 15.5 Å². The van der Waals surface area contributed by atoms with Crippen LogP contribution >= 0.6 is 0 Å². The number of halogens is 1. The molecule has 0 bridgehead atoms. The number of hydrogen-bond donors (Lipinski definition) is 1. The van der Waals surface area contributed by atoms with Crippen LogP contribution in [-0.4, -0.2) is 38.8 Å². The standard InChI is InChI=1S/C20H22FN3O/c1-23-18-5-3-2-4-17(18)22-20(23)10-11-24-13-16(25)12-19(24)14-6-8-15(21)9-7-14/h2-9,16,19,25H,10-13H2,1H3/t16-,19-/m0/s1. The Morgan fingerprint density at radius 2 is 1.92 bits per heavy atom. The van der Waals surface area contributed by atoms with Crippen LogP contribution in [0.15, 0.2) is 48.5 Å². The van der Waals surface area contributed by atoms with E-state index in [9.17, 15) is 9.50 Å². The van der Waals surface area contributed by atoms with Gasteiger partial charge < -0.3 is 9.67 Å². The number of aromatic nitrogens is 2. The second-order valence-electron chi connectivity index (χ2n) is 6.78. The van der Waals surface area contributed by atoms with Crippen molar-refractivity contribution in [2.75, 3.05) is 13.1 Å². The van der Waals surface area contributed by atoms with E-state index in [0.717, 1.165) is 35.4 Å². The molecule has 130 valence electrons. The Morgan fingerprint density at radius 1 is 1.16 bits per heavy atom. The lowest BCUT2D eigenvalue weighted by molar-refractivity contribution is 0.175. The van der Waals surface area contributed by atoms with Gasteiger partial charge in [0, 0.05) is 32.6 Å². The van der Waals surface area contributed by atoms with Crippen LogP contribution in [0.3, 0.4) is 0 Å². The van der Waals surface area contributed by atoms with Crippen molar-refractivity contribution in [1.82, 2.24) is 14.5 Å². The SMILES string of the molecule is Cn1c(CCN2C[C@@H](O)C[C@H]2c2ccc(F)cc2)nc2ccccc21. The molecule has 1 aliphatic heterocycles. The molecule has 0 aliphatic carbocycles. The molecule has 2 aromatic carbocycles. The molecule has 1 N–H and O–H groups in total. The predicted octanol–water partition coefficient (Wildman–Crippen LogP) is 3.06. The van der Waals surface area contributed by atoms with Crippen LogP contribution in [0.4, 0.5) is 4.39 Å². The van der Waals surface area contributed by atoms with Crippen molar-refractivity contribution < 1.29 is 9.50 Å². The molecule has 1 aromatic heterocycles. The number of aliphatic hydroxyl groups is 1. The van der Waals surface area contributed by atoms with Crippen LogP contribution < -0.4 is 0 Å². The lowest BCUT2D eigenvalue weighted by atomic mass is 10.0. The average Bonchev–Trinajstić information content (AvgIpc) is 3.14. The fourth-order valence-electron chi connectivity index (χ4n) is 3.82. The second-order valence-corrected chi connectivity index (χ2v) is 6.78. The van der Waals surface area contributed by atoms with E-state index in [4.69, 9.17) is 4.98 Å². The number of aliphatic hydroxyl groups excluding tert-OH is 1. The van der Waals surface area contributed by atoms with E-state index in [-0.39, 0.29) is 18.0 Å². The summed E-state index contributed by atoms with van der Waals surface area (Å²) in [6.45, 7) is 1.46. The summed E-state index contributed by atoms with van der Waals surface area (Å²) in [5.41, 5.74) is 3.20. The van der Waals surface area contributed by atoms with Gasteiger partial charge in [-0.2, -0.15) is 0 Å². The summed E-state index contributed by atoms with van der Waals surface area (Å²) >= 11 is 0. The first-order valence-electron chi connectivity index (χ1n) is 8.70. The molecule has 1 saturated heterocycles. The highest BCUT2D eigenvalue weighted by Gasteiger charge is 2.31. The van der Waals surface area contributed by atoms with E-state index < -0.39 is 0 Å². The third-order valence-corrected chi connectivity index (χ3v) is 5.14. The minimum atomic E-state index is -0.338. The maximum Gasteiger partial charge on any atom is 0.123 e. The normalized spacial score (nSPS) is 21.2. The Kier molecular flexibility index (Phi) is 4.27. The average molecular weight is 339 g/mol. The van der Waals surface area contributed by atoms with Crippen LogP contribution in [0.2, 0.25) is 0 Å². The highest BCUT2D eigenvalue weighted by molar-refractivity contribution is 5.75. The molecular formula is C20H22FN3O. The fraction of sp³-hybridized carbons (Fsp3) is 0.350. The van der Waals surface area contributed by atoms with E-state index >= 15 is 0 Å². The number of aryl methyl sites for hydroxylation is 1. The Labute approximate surface area is 146 Å². The summed E-state index contributed by atoms with van der Waals surface area (Å²) in [7, 11) is 2.04. The van der Waals surface area contributed by atoms with Crippen LogP contribution in [-0.2, 0) is 13.5 Å². The molecule has 5 heteroatoms. The molecule has 2 atom stereocenters. The van der Waals surface area contributed by atoms with Gasteiger partial charge in [0.05, 0.1) is 17.1 Å². The molecule has 0 unspecified atom stereocenters. The molecule has 1 aliphatic rings. The van der Waals surface area contributed by atoms with Gasteiger partial charge in [0.2, 0.25) is 0 Å². The Morgan fingerprint density at radius 3 is 2.68 bits per heavy atom. The van der Waals surface area contributed by atoms with Gasteiger partial charge in [-0.3, -0.25) is 4.90 Å². The van der Waals surface area contributed by atoms with E-state index in [1.165, 1.54) is 12.1 Å². The minimum Gasteiger partial charge on any atom is -0.392 e. The first-order valence-corrected chi connectivity index (χ1v) is 8.70. The number of para-hydroxylation sites is 2. The number of rotatable bonds is 4. The molecule has 3 aromatic rings. The lowest BCUT2D eigenvalue weighted by Gasteiger charge is -2.24. The number of fused-ring (bicyclic) bond motifs is 1. The van der Waals surface area contributed by atoms with Crippen LogP contribution in [0.5, 0.6) is 0 Å².